The fourth-order valence-electron chi connectivity index (χ4n) is 1.57. The first-order valence-electron chi connectivity index (χ1n) is 5.95. The van der Waals surface area contributed by atoms with Crippen molar-refractivity contribution in [1.29, 1.82) is 0 Å². The zero-order valence-corrected chi connectivity index (χ0v) is 10.4. The molecule has 0 unspecified atom stereocenters. The Balaban J connectivity index is 1.77. The van der Waals surface area contributed by atoms with Crippen molar-refractivity contribution in [3.05, 3.63) is 54.1 Å². The second kappa shape index (κ2) is 6.44. The van der Waals surface area contributed by atoms with Crippen LogP contribution in [0.25, 0.3) is 0 Å². The molecule has 0 aromatic heterocycles. The lowest BCUT2D eigenvalue weighted by Crippen LogP contribution is -2.09. The number of para-hydroxylation sites is 2. The van der Waals surface area contributed by atoms with Gasteiger partial charge in [0, 0.05) is 5.56 Å². The van der Waals surface area contributed by atoms with Crippen LogP contribution >= 0.6 is 0 Å². The minimum absolute atomic E-state index is 0.406. The van der Waals surface area contributed by atoms with E-state index in [1.807, 2.05) is 18.2 Å². The molecule has 4 heteroatoms. The van der Waals surface area contributed by atoms with E-state index in [9.17, 15) is 4.79 Å². The van der Waals surface area contributed by atoms with Crippen LogP contribution in [0.2, 0.25) is 0 Å². The van der Waals surface area contributed by atoms with Crippen molar-refractivity contribution < 1.29 is 14.3 Å². The van der Waals surface area contributed by atoms with Gasteiger partial charge >= 0.3 is 0 Å². The molecule has 4 nitrogen and oxygen atoms in total. The maximum atomic E-state index is 10.5. The van der Waals surface area contributed by atoms with E-state index in [2.05, 4.69) is 0 Å². The van der Waals surface area contributed by atoms with Crippen LogP contribution in [0.4, 0.5) is 5.69 Å². The third-order valence-corrected chi connectivity index (χ3v) is 2.54. The largest absolute Gasteiger partial charge is 0.490 e. The Morgan fingerprint density at radius 3 is 2.32 bits per heavy atom. The Morgan fingerprint density at radius 2 is 1.63 bits per heavy atom. The van der Waals surface area contributed by atoms with Crippen LogP contribution in [0.15, 0.2) is 48.5 Å². The molecule has 0 radical (unpaired) electrons. The molecule has 2 aromatic rings. The second-order valence-electron chi connectivity index (χ2n) is 3.92. The van der Waals surface area contributed by atoms with Gasteiger partial charge in [0.2, 0.25) is 0 Å². The summed E-state index contributed by atoms with van der Waals surface area (Å²) in [5, 5.41) is 0. The molecule has 2 N–H and O–H groups in total. The fraction of sp³-hybridized carbons (Fsp3) is 0.133. The number of rotatable bonds is 6. The first kappa shape index (κ1) is 13.0. The molecular weight excluding hydrogens is 242 g/mol. The summed E-state index contributed by atoms with van der Waals surface area (Å²) in [7, 11) is 0. The van der Waals surface area contributed by atoms with Crippen molar-refractivity contribution >= 4 is 12.0 Å². The Labute approximate surface area is 111 Å². The zero-order valence-electron chi connectivity index (χ0n) is 10.4. The van der Waals surface area contributed by atoms with Gasteiger partial charge in [-0.2, -0.15) is 0 Å². The van der Waals surface area contributed by atoms with Crippen LogP contribution in [0, 0.1) is 0 Å². The summed E-state index contributed by atoms with van der Waals surface area (Å²) in [5.41, 5.74) is 6.98. The summed E-state index contributed by atoms with van der Waals surface area (Å²) in [6, 6.07) is 14.2. The number of carbonyl (C=O) groups excluding carboxylic acids is 1. The van der Waals surface area contributed by atoms with Gasteiger partial charge in [-0.25, -0.2) is 0 Å². The Hall–Kier alpha value is -2.49. The van der Waals surface area contributed by atoms with Crippen LogP contribution in [0.5, 0.6) is 11.5 Å². The Morgan fingerprint density at radius 1 is 0.947 bits per heavy atom. The molecular formula is C15H15NO3. The van der Waals surface area contributed by atoms with Gasteiger partial charge in [0.1, 0.15) is 31.0 Å². The van der Waals surface area contributed by atoms with E-state index in [0.29, 0.717) is 36.0 Å². The summed E-state index contributed by atoms with van der Waals surface area (Å²) < 4.78 is 11.0. The number of ether oxygens (including phenoxy) is 2. The van der Waals surface area contributed by atoms with Crippen molar-refractivity contribution in [2.24, 2.45) is 0 Å². The number of hydrogen-bond acceptors (Lipinski definition) is 4. The molecule has 0 heterocycles. The average molecular weight is 257 g/mol. The minimum atomic E-state index is 0.406. The molecule has 0 aliphatic heterocycles. The molecule has 2 rings (SSSR count). The summed E-state index contributed by atoms with van der Waals surface area (Å²) >= 11 is 0. The van der Waals surface area contributed by atoms with Crippen LogP contribution in [0.1, 0.15) is 10.4 Å². The molecule has 0 fully saturated rings. The fourth-order valence-corrected chi connectivity index (χ4v) is 1.57. The van der Waals surface area contributed by atoms with Gasteiger partial charge in [-0.3, -0.25) is 4.79 Å². The lowest BCUT2D eigenvalue weighted by Gasteiger charge is -2.09. The van der Waals surface area contributed by atoms with E-state index in [-0.39, 0.29) is 0 Å². The highest BCUT2D eigenvalue weighted by molar-refractivity contribution is 5.74. The van der Waals surface area contributed by atoms with Crippen molar-refractivity contribution in [2.75, 3.05) is 18.9 Å². The molecule has 0 bridgehead atoms. The summed E-state index contributed by atoms with van der Waals surface area (Å²) in [5.74, 6) is 1.36. The maximum absolute atomic E-state index is 10.5. The molecule has 19 heavy (non-hydrogen) atoms. The third-order valence-electron chi connectivity index (χ3n) is 2.54. The molecule has 0 atom stereocenters. The standard InChI is InChI=1S/C15H15NO3/c16-14-3-1-2-4-15(14)19-10-9-18-13-7-5-12(11-17)6-8-13/h1-8,11H,9-10,16H2. The Kier molecular flexibility index (Phi) is 4.39. The highest BCUT2D eigenvalue weighted by Crippen LogP contribution is 2.19. The van der Waals surface area contributed by atoms with Crippen molar-refractivity contribution in [3.63, 3.8) is 0 Å². The summed E-state index contributed by atoms with van der Waals surface area (Å²) in [6.07, 6.45) is 0.797. The molecule has 0 spiro atoms. The molecule has 0 saturated carbocycles. The van der Waals surface area contributed by atoms with Gasteiger partial charge in [0.25, 0.3) is 0 Å². The second-order valence-corrected chi connectivity index (χ2v) is 3.92. The monoisotopic (exact) mass is 257 g/mol. The molecule has 0 aliphatic rings. The minimum Gasteiger partial charge on any atom is -0.490 e. The van der Waals surface area contributed by atoms with E-state index in [4.69, 9.17) is 15.2 Å². The average Bonchev–Trinajstić information content (AvgIpc) is 2.46. The van der Waals surface area contributed by atoms with Gasteiger partial charge < -0.3 is 15.2 Å². The molecule has 0 amide bonds. The predicted octanol–water partition coefficient (Wildman–Crippen LogP) is 2.54. The maximum Gasteiger partial charge on any atom is 0.150 e. The summed E-state index contributed by atoms with van der Waals surface area (Å²) in [6.45, 7) is 0.818. The Bertz CT molecular complexity index is 537. The lowest BCUT2D eigenvalue weighted by atomic mass is 10.2. The van der Waals surface area contributed by atoms with Crippen molar-refractivity contribution in [2.45, 2.75) is 0 Å². The first-order valence-corrected chi connectivity index (χ1v) is 5.95. The highest BCUT2D eigenvalue weighted by Gasteiger charge is 1.99. The number of carbonyl (C=O) groups is 1. The van der Waals surface area contributed by atoms with Crippen LogP contribution in [-0.4, -0.2) is 19.5 Å². The van der Waals surface area contributed by atoms with Gasteiger partial charge in [-0.15, -0.1) is 0 Å². The van der Waals surface area contributed by atoms with Gasteiger partial charge in [-0.05, 0) is 36.4 Å². The van der Waals surface area contributed by atoms with E-state index < -0.39 is 0 Å². The smallest absolute Gasteiger partial charge is 0.150 e. The SMILES string of the molecule is Nc1ccccc1OCCOc1ccc(C=O)cc1. The normalized spacial score (nSPS) is 9.89. The quantitative estimate of drug-likeness (QED) is 0.491. The molecule has 98 valence electrons. The van der Waals surface area contributed by atoms with Crippen molar-refractivity contribution in [1.82, 2.24) is 0 Å². The van der Waals surface area contributed by atoms with Gasteiger partial charge in [0.05, 0.1) is 5.69 Å². The molecule has 0 aliphatic carbocycles. The predicted molar refractivity (Wildman–Crippen MR) is 73.7 cm³/mol. The number of aldehydes is 1. The number of nitrogen functional groups attached to an aromatic ring is 1. The third kappa shape index (κ3) is 3.74. The van der Waals surface area contributed by atoms with E-state index >= 15 is 0 Å². The highest BCUT2D eigenvalue weighted by atomic mass is 16.5. The number of nitrogens with two attached hydrogens (primary N) is 1. The molecule has 0 saturated heterocycles. The first-order chi connectivity index (χ1) is 9.29. The van der Waals surface area contributed by atoms with Gasteiger partial charge in [0.15, 0.2) is 0 Å². The van der Waals surface area contributed by atoms with Crippen LogP contribution in [0.3, 0.4) is 0 Å². The van der Waals surface area contributed by atoms with E-state index in [0.717, 1.165) is 6.29 Å². The topological polar surface area (TPSA) is 61.6 Å². The number of hydrogen-bond donors (Lipinski definition) is 1. The van der Waals surface area contributed by atoms with Crippen molar-refractivity contribution in [3.8, 4) is 11.5 Å². The van der Waals surface area contributed by atoms with Crippen LogP contribution < -0.4 is 15.2 Å². The zero-order chi connectivity index (χ0) is 13.5. The van der Waals surface area contributed by atoms with E-state index in [1.165, 1.54) is 0 Å². The van der Waals surface area contributed by atoms with Crippen LogP contribution in [-0.2, 0) is 0 Å². The van der Waals surface area contributed by atoms with Gasteiger partial charge in [-0.1, -0.05) is 12.1 Å². The molecule has 2 aromatic carbocycles. The summed E-state index contributed by atoms with van der Waals surface area (Å²) in [4.78, 5) is 10.5. The lowest BCUT2D eigenvalue weighted by molar-refractivity contribution is 0.112. The number of anilines is 1. The number of benzene rings is 2. The van der Waals surface area contributed by atoms with E-state index in [1.54, 1.807) is 30.3 Å².